The minimum Gasteiger partial charge on any atom is -0.369 e. The summed E-state index contributed by atoms with van der Waals surface area (Å²) >= 11 is 5.96. The molecule has 0 saturated heterocycles. The number of rotatable bonds is 4. The van der Waals surface area contributed by atoms with Crippen molar-refractivity contribution in [3.63, 3.8) is 0 Å². The number of hydrogen-bond acceptors (Lipinski definition) is 3. The van der Waals surface area contributed by atoms with Crippen LogP contribution >= 0.6 is 11.6 Å². The van der Waals surface area contributed by atoms with Gasteiger partial charge >= 0.3 is 0 Å². The van der Waals surface area contributed by atoms with Crippen LogP contribution in [-0.2, 0) is 0 Å². The summed E-state index contributed by atoms with van der Waals surface area (Å²) in [6.07, 6.45) is 3.43. The number of nitrogens with zero attached hydrogens (tertiary/aromatic N) is 4. The lowest BCUT2D eigenvalue weighted by molar-refractivity contribution is 0.884. The summed E-state index contributed by atoms with van der Waals surface area (Å²) in [6.45, 7) is 0. The van der Waals surface area contributed by atoms with Gasteiger partial charge in [0, 0.05) is 22.3 Å². The Morgan fingerprint density at radius 3 is 2.42 bits per heavy atom. The SMILES string of the molecule is NC(N)=N/N=C/c1cn(-c2ccccc2)nc1-c1ccc(Cl)cc1. The number of aromatic nitrogens is 2. The fraction of sp³-hybridized carbons (Fsp3) is 0. The van der Waals surface area contributed by atoms with Crippen LogP contribution in [0.5, 0.6) is 0 Å². The average molecular weight is 339 g/mol. The van der Waals surface area contributed by atoms with Crippen LogP contribution in [-0.4, -0.2) is 22.0 Å². The topological polar surface area (TPSA) is 94.6 Å². The van der Waals surface area contributed by atoms with Gasteiger partial charge in [0.1, 0.15) is 5.69 Å². The molecule has 0 aliphatic heterocycles. The highest BCUT2D eigenvalue weighted by Crippen LogP contribution is 2.24. The highest BCUT2D eigenvalue weighted by atomic mass is 35.5. The van der Waals surface area contributed by atoms with Crippen molar-refractivity contribution in [3.05, 3.63) is 71.4 Å². The van der Waals surface area contributed by atoms with Crippen LogP contribution in [0.2, 0.25) is 5.02 Å². The van der Waals surface area contributed by atoms with Gasteiger partial charge in [0.15, 0.2) is 0 Å². The predicted octanol–water partition coefficient (Wildman–Crippen LogP) is 2.80. The lowest BCUT2D eigenvalue weighted by Gasteiger charge is -2.00. The van der Waals surface area contributed by atoms with Gasteiger partial charge in [0.2, 0.25) is 5.96 Å². The molecule has 7 heteroatoms. The zero-order chi connectivity index (χ0) is 16.9. The van der Waals surface area contributed by atoms with E-state index in [4.69, 9.17) is 23.1 Å². The fourth-order valence-corrected chi connectivity index (χ4v) is 2.31. The molecule has 0 aliphatic rings. The molecule has 0 saturated carbocycles. The molecule has 120 valence electrons. The van der Waals surface area contributed by atoms with Gasteiger partial charge in [-0.05, 0) is 24.3 Å². The Labute approximate surface area is 144 Å². The van der Waals surface area contributed by atoms with Crippen molar-refractivity contribution in [3.8, 4) is 16.9 Å². The second-order valence-electron chi connectivity index (χ2n) is 4.99. The molecule has 4 N–H and O–H groups in total. The summed E-state index contributed by atoms with van der Waals surface area (Å²) in [5, 5.41) is 12.8. The molecule has 1 aromatic heterocycles. The molecule has 0 unspecified atom stereocenters. The van der Waals surface area contributed by atoms with Gasteiger partial charge in [0.25, 0.3) is 0 Å². The second-order valence-corrected chi connectivity index (χ2v) is 5.43. The highest BCUT2D eigenvalue weighted by molar-refractivity contribution is 6.30. The summed E-state index contributed by atoms with van der Waals surface area (Å²) in [4.78, 5) is 0. The molecule has 0 amide bonds. The summed E-state index contributed by atoms with van der Waals surface area (Å²) in [7, 11) is 0. The van der Waals surface area contributed by atoms with E-state index in [1.54, 1.807) is 10.9 Å². The highest BCUT2D eigenvalue weighted by Gasteiger charge is 2.11. The molecule has 1 heterocycles. The first-order valence-corrected chi connectivity index (χ1v) is 7.54. The van der Waals surface area contributed by atoms with Crippen molar-refractivity contribution in [2.24, 2.45) is 21.7 Å². The van der Waals surface area contributed by atoms with Gasteiger partial charge in [-0.1, -0.05) is 41.9 Å². The number of benzene rings is 2. The average Bonchev–Trinajstić information content (AvgIpc) is 3.00. The Kier molecular flexibility index (Phi) is 4.58. The van der Waals surface area contributed by atoms with Gasteiger partial charge in [0.05, 0.1) is 11.9 Å². The molecule has 2 aromatic carbocycles. The molecule has 24 heavy (non-hydrogen) atoms. The third-order valence-corrected chi connectivity index (χ3v) is 3.50. The zero-order valence-electron chi connectivity index (χ0n) is 12.7. The largest absolute Gasteiger partial charge is 0.369 e. The quantitative estimate of drug-likeness (QED) is 0.435. The molecule has 0 atom stereocenters. The van der Waals surface area contributed by atoms with Crippen LogP contribution in [0.1, 0.15) is 5.56 Å². The summed E-state index contributed by atoms with van der Waals surface area (Å²) in [6, 6.07) is 17.2. The first-order valence-electron chi connectivity index (χ1n) is 7.16. The van der Waals surface area contributed by atoms with Crippen LogP contribution in [0.25, 0.3) is 16.9 Å². The fourth-order valence-electron chi connectivity index (χ4n) is 2.18. The van der Waals surface area contributed by atoms with Crippen LogP contribution in [0, 0.1) is 0 Å². The molecule has 6 nitrogen and oxygen atoms in total. The van der Waals surface area contributed by atoms with E-state index < -0.39 is 0 Å². The first-order chi connectivity index (χ1) is 11.6. The van der Waals surface area contributed by atoms with Crippen molar-refractivity contribution in [1.29, 1.82) is 0 Å². The molecular formula is C17H15ClN6. The van der Waals surface area contributed by atoms with Gasteiger partial charge in [-0.25, -0.2) is 4.68 Å². The predicted molar refractivity (Wildman–Crippen MR) is 97.4 cm³/mol. The maximum absolute atomic E-state index is 5.96. The maximum atomic E-state index is 5.96. The van der Waals surface area contributed by atoms with Crippen molar-refractivity contribution in [2.45, 2.75) is 0 Å². The first kappa shape index (κ1) is 15.8. The molecule has 0 aliphatic carbocycles. The Morgan fingerprint density at radius 2 is 1.75 bits per heavy atom. The lowest BCUT2D eigenvalue weighted by atomic mass is 10.1. The van der Waals surface area contributed by atoms with Crippen molar-refractivity contribution in [2.75, 3.05) is 0 Å². The molecule has 0 fully saturated rings. The molecule has 0 bridgehead atoms. The van der Waals surface area contributed by atoms with Gasteiger partial charge < -0.3 is 11.5 Å². The third-order valence-electron chi connectivity index (χ3n) is 3.25. The number of halogens is 1. The second kappa shape index (κ2) is 6.97. The van der Waals surface area contributed by atoms with E-state index in [-0.39, 0.29) is 5.96 Å². The van der Waals surface area contributed by atoms with E-state index in [1.165, 1.54) is 0 Å². The number of guanidine groups is 1. The molecular weight excluding hydrogens is 324 g/mol. The Hall–Kier alpha value is -3.12. The van der Waals surface area contributed by atoms with E-state index in [2.05, 4.69) is 15.3 Å². The summed E-state index contributed by atoms with van der Waals surface area (Å²) < 4.78 is 1.78. The van der Waals surface area contributed by atoms with E-state index in [9.17, 15) is 0 Å². The standard InChI is InChI=1S/C17H15ClN6/c18-14-8-6-12(7-9-14)16-13(10-21-22-17(19)20)11-24(23-16)15-4-2-1-3-5-15/h1-11H,(H4,19,20,22)/b21-10+. The minimum atomic E-state index is -0.102. The number of para-hydroxylation sites is 1. The molecule has 3 aromatic rings. The van der Waals surface area contributed by atoms with Crippen LogP contribution < -0.4 is 11.5 Å². The van der Waals surface area contributed by atoms with Crippen LogP contribution in [0.15, 0.2) is 71.0 Å². The van der Waals surface area contributed by atoms with E-state index >= 15 is 0 Å². The summed E-state index contributed by atoms with van der Waals surface area (Å²) in [5.74, 6) is -0.102. The van der Waals surface area contributed by atoms with Crippen LogP contribution in [0.3, 0.4) is 0 Å². The Balaban J connectivity index is 2.07. The third kappa shape index (κ3) is 3.61. The van der Waals surface area contributed by atoms with E-state index in [1.807, 2.05) is 60.8 Å². The van der Waals surface area contributed by atoms with E-state index in [0.717, 1.165) is 22.5 Å². The number of hydrogen-bond donors (Lipinski definition) is 2. The van der Waals surface area contributed by atoms with Gasteiger partial charge in [-0.3, -0.25) is 0 Å². The van der Waals surface area contributed by atoms with Crippen molar-refractivity contribution in [1.82, 2.24) is 9.78 Å². The Morgan fingerprint density at radius 1 is 1.04 bits per heavy atom. The van der Waals surface area contributed by atoms with Gasteiger partial charge in [-0.2, -0.15) is 10.2 Å². The molecule has 0 spiro atoms. The Bertz CT molecular complexity index is 877. The maximum Gasteiger partial charge on any atom is 0.211 e. The van der Waals surface area contributed by atoms with Crippen molar-refractivity contribution < 1.29 is 0 Å². The van der Waals surface area contributed by atoms with E-state index in [0.29, 0.717) is 5.02 Å². The van der Waals surface area contributed by atoms with Crippen LogP contribution in [0.4, 0.5) is 0 Å². The van der Waals surface area contributed by atoms with Crippen molar-refractivity contribution >= 4 is 23.8 Å². The zero-order valence-corrected chi connectivity index (χ0v) is 13.4. The van der Waals surface area contributed by atoms with Gasteiger partial charge in [-0.15, -0.1) is 5.10 Å². The minimum absolute atomic E-state index is 0.102. The normalized spacial score (nSPS) is 10.9. The number of nitrogens with two attached hydrogens (primary N) is 2. The smallest absolute Gasteiger partial charge is 0.211 e. The lowest BCUT2D eigenvalue weighted by Crippen LogP contribution is -2.21. The monoisotopic (exact) mass is 338 g/mol. The molecule has 3 rings (SSSR count). The summed E-state index contributed by atoms with van der Waals surface area (Å²) in [5.41, 5.74) is 14.0. The molecule has 0 radical (unpaired) electrons.